The molecule has 5 nitrogen and oxygen atoms in total. The number of aliphatic carboxylic acids is 1. The lowest BCUT2D eigenvalue weighted by atomic mass is 10.2. The molecule has 2 N–H and O–H groups in total. The molecule has 0 aromatic carbocycles. The number of carbonyl (C=O) groups excluding carboxylic acids is 1. The van der Waals surface area contributed by atoms with Gasteiger partial charge in [-0.1, -0.05) is 6.58 Å². The number of hydrogen-bond acceptors (Lipinski definition) is 4. The molecular formula is C9H12O5. The first-order chi connectivity index (χ1) is 6.61. The van der Waals surface area contributed by atoms with E-state index in [9.17, 15) is 9.59 Å². The van der Waals surface area contributed by atoms with Gasteiger partial charge >= 0.3 is 11.9 Å². The fourth-order valence-electron chi connectivity index (χ4n) is 0.721. The highest BCUT2D eigenvalue weighted by atomic mass is 16.5. The van der Waals surface area contributed by atoms with Crippen molar-refractivity contribution in [2.75, 3.05) is 6.61 Å². The predicted octanol–water partition coefficient (Wildman–Crippen LogP) is 1.02. The molecule has 0 rings (SSSR count). The van der Waals surface area contributed by atoms with Crippen molar-refractivity contribution in [2.45, 2.75) is 12.8 Å². The lowest BCUT2D eigenvalue weighted by molar-refractivity contribution is -0.137. The van der Waals surface area contributed by atoms with Crippen molar-refractivity contribution in [3.8, 4) is 0 Å². The van der Waals surface area contributed by atoms with Gasteiger partial charge in [-0.2, -0.15) is 0 Å². The summed E-state index contributed by atoms with van der Waals surface area (Å²) >= 11 is 0. The highest BCUT2D eigenvalue weighted by molar-refractivity contribution is 5.86. The molecule has 5 heteroatoms. The summed E-state index contributed by atoms with van der Waals surface area (Å²) in [7, 11) is 0. The Balaban J connectivity index is 3.68. The van der Waals surface area contributed by atoms with E-state index >= 15 is 0 Å². The molecule has 0 saturated carbocycles. The molecule has 0 fully saturated rings. The molecule has 78 valence electrons. The van der Waals surface area contributed by atoms with Crippen LogP contribution in [0.4, 0.5) is 0 Å². The van der Waals surface area contributed by atoms with Crippen molar-refractivity contribution in [1.82, 2.24) is 0 Å². The van der Waals surface area contributed by atoms with Crippen molar-refractivity contribution in [3.63, 3.8) is 0 Å². The lowest BCUT2D eigenvalue weighted by Gasteiger charge is -2.01. The topological polar surface area (TPSA) is 83.8 Å². The van der Waals surface area contributed by atoms with Gasteiger partial charge in [-0.25, -0.2) is 9.59 Å². The number of aliphatic hydroxyl groups excluding tert-OH is 1. The van der Waals surface area contributed by atoms with Crippen LogP contribution in [-0.4, -0.2) is 28.8 Å². The Labute approximate surface area is 81.3 Å². The van der Waals surface area contributed by atoms with Crippen LogP contribution in [0.25, 0.3) is 0 Å². The van der Waals surface area contributed by atoms with E-state index in [0.717, 1.165) is 6.08 Å². The monoisotopic (exact) mass is 200 g/mol. The molecule has 0 aliphatic heterocycles. The summed E-state index contributed by atoms with van der Waals surface area (Å²) in [6.07, 6.45) is 2.06. The van der Waals surface area contributed by atoms with Crippen molar-refractivity contribution < 1.29 is 24.5 Å². The highest BCUT2D eigenvalue weighted by Gasteiger charge is 2.06. The van der Waals surface area contributed by atoms with Crippen LogP contribution in [0, 0.1) is 0 Å². The first kappa shape index (κ1) is 12.2. The third kappa shape index (κ3) is 4.97. The summed E-state index contributed by atoms with van der Waals surface area (Å²) in [5.74, 6) is -1.72. The number of ether oxygens (including phenoxy) is 1. The number of rotatable bonds is 6. The normalized spacial score (nSPS) is 10.7. The third-order valence-corrected chi connectivity index (χ3v) is 1.43. The molecule has 0 atom stereocenters. The maximum absolute atomic E-state index is 10.5. The molecule has 0 unspecified atom stereocenters. The summed E-state index contributed by atoms with van der Waals surface area (Å²) in [5, 5.41) is 17.0. The van der Waals surface area contributed by atoms with Gasteiger partial charge < -0.3 is 14.9 Å². The number of hydrogen-bond donors (Lipinski definition) is 2. The van der Waals surface area contributed by atoms with Crippen molar-refractivity contribution in [2.24, 2.45) is 0 Å². The van der Waals surface area contributed by atoms with Gasteiger partial charge in [0.2, 0.25) is 0 Å². The average Bonchev–Trinajstić information content (AvgIpc) is 2.16. The molecule has 0 aliphatic rings. The fraction of sp³-hybridized carbons (Fsp3) is 0.333. The Morgan fingerprint density at radius 1 is 1.43 bits per heavy atom. The van der Waals surface area contributed by atoms with E-state index in [-0.39, 0.29) is 18.6 Å². The van der Waals surface area contributed by atoms with E-state index in [0.29, 0.717) is 12.7 Å². The smallest absolute Gasteiger partial charge is 0.334 e. The van der Waals surface area contributed by atoms with Gasteiger partial charge in [0.1, 0.15) is 0 Å². The van der Waals surface area contributed by atoms with E-state index in [2.05, 4.69) is 11.3 Å². The largest absolute Gasteiger partial charge is 0.515 e. The summed E-state index contributed by atoms with van der Waals surface area (Å²) in [6.45, 7) is 3.31. The van der Waals surface area contributed by atoms with E-state index in [1.165, 1.54) is 0 Å². The molecule has 0 radical (unpaired) electrons. The molecule has 0 saturated heterocycles. The Kier molecular flexibility index (Phi) is 5.85. The van der Waals surface area contributed by atoms with Gasteiger partial charge in [-0.05, 0) is 12.8 Å². The van der Waals surface area contributed by atoms with Crippen LogP contribution in [-0.2, 0) is 14.3 Å². The minimum absolute atomic E-state index is 0.107. The summed E-state index contributed by atoms with van der Waals surface area (Å²) in [5.41, 5.74) is -0.111. The standard InChI is InChI=1S/C9H12O5/c1-2-8(11)14-5-3-4-7(6-10)9(12)13/h2,6,10H,1,3-5H2,(H,12,13). The van der Waals surface area contributed by atoms with Gasteiger partial charge in [-0.3, -0.25) is 0 Å². The Morgan fingerprint density at radius 2 is 2.07 bits per heavy atom. The van der Waals surface area contributed by atoms with E-state index in [1.807, 2.05) is 0 Å². The van der Waals surface area contributed by atoms with E-state index in [4.69, 9.17) is 10.2 Å². The molecule has 0 aliphatic carbocycles. The molecule has 0 amide bonds. The van der Waals surface area contributed by atoms with Gasteiger partial charge in [-0.15, -0.1) is 0 Å². The Morgan fingerprint density at radius 3 is 2.50 bits per heavy atom. The van der Waals surface area contributed by atoms with Crippen molar-refractivity contribution in [1.29, 1.82) is 0 Å². The van der Waals surface area contributed by atoms with Crippen LogP contribution >= 0.6 is 0 Å². The third-order valence-electron chi connectivity index (χ3n) is 1.43. The van der Waals surface area contributed by atoms with E-state index in [1.54, 1.807) is 0 Å². The minimum atomic E-state index is -1.18. The lowest BCUT2D eigenvalue weighted by Crippen LogP contribution is -2.05. The number of carboxylic acids is 1. The summed E-state index contributed by atoms with van der Waals surface area (Å²) < 4.78 is 4.61. The van der Waals surface area contributed by atoms with Crippen molar-refractivity contribution >= 4 is 11.9 Å². The minimum Gasteiger partial charge on any atom is -0.515 e. The molecule has 14 heavy (non-hydrogen) atoms. The number of carbonyl (C=O) groups is 2. The Bertz CT molecular complexity index is 254. The fourth-order valence-corrected chi connectivity index (χ4v) is 0.721. The van der Waals surface area contributed by atoms with Crippen LogP contribution in [0.5, 0.6) is 0 Å². The zero-order valence-electron chi connectivity index (χ0n) is 7.60. The molecule has 0 aromatic rings. The van der Waals surface area contributed by atoms with Crippen LogP contribution in [0.3, 0.4) is 0 Å². The summed E-state index contributed by atoms with van der Waals surface area (Å²) in [4.78, 5) is 20.9. The number of aliphatic hydroxyl groups is 1. The molecular weight excluding hydrogens is 188 g/mol. The first-order valence-electron chi connectivity index (χ1n) is 3.97. The Hall–Kier alpha value is -1.78. The number of esters is 1. The van der Waals surface area contributed by atoms with Crippen molar-refractivity contribution in [3.05, 3.63) is 24.5 Å². The second kappa shape index (κ2) is 6.71. The van der Waals surface area contributed by atoms with Crippen LogP contribution in [0.1, 0.15) is 12.8 Å². The SMILES string of the molecule is C=CC(=O)OCCCC(=CO)C(=O)O. The first-order valence-corrected chi connectivity index (χ1v) is 3.97. The van der Waals surface area contributed by atoms with Gasteiger partial charge in [0.25, 0.3) is 0 Å². The average molecular weight is 200 g/mol. The maximum atomic E-state index is 10.5. The molecule has 0 aromatic heterocycles. The molecule has 0 spiro atoms. The maximum Gasteiger partial charge on any atom is 0.334 e. The summed E-state index contributed by atoms with van der Waals surface area (Å²) in [6, 6.07) is 0. The zero-order valence-corrected chi connectivity index (χ0v) is 7.60. The van der Waals surface area contributed by atoms with Gasteiger partial charge in [0.05, 0.1) is 18.4 Å². The van der Waals surface area contributed by atoms with Crippen LogP contribution in [0.2, 0.25) is 0 Å². The second-order valence-electron chi connectivity index (χ2n) is 2.43. The van der Waals surface area contributed by atoms with Gasteiger partial charge in [0.15, 0.2) is 0 Å². The highest BCUT2D eigenvalue weighted by Crippen LogP contribution is 2.04. The molecule has 0 bridgehead atoms. The zero-order chi connectivity index (χ0) is 11.0. The number of carboxylic acid groups (broad SMARTS) is 1. The van der Waals surface area contributed by atoms with Gasteiger partial charge in [0, 0.05) is 6.08 Å². The van der Waals surface area contributed by atoms with E-state index < -0.39 is 11.9 Å². The predicted molar refractivity (Wildman–Crippen MR) is 48.7 cm³/mol. The second-order valence-corrected chi connectivity index (χ2v) is 2.43. The van der Waals surface area contributed by atoms with Crippen LogP contribution < -0.4 is 0 Å². The quantitative estimate of drug-likeness (QED) is 0.289. The molecule has 0 heterocycles. The van der Waals surface area contributed by atoms with Crippen LogP contribution in [0.15, 0.2) is 24.5 Å².